The number of rotatable bonds is 6. The van der Waals surface area contributed by atoms with Crippen LogP contribution in [0.25, 0.3) is 0 Å². The summed E-state index contributed by atoms with van der Waals surface area (Å²) in [5.41, 5.74) is 4.08. The lowest BCUT2D eigenvalue weighted by Crippen LogP contribution is -2.28. The molecule has 0 radical (unpaired) electrons. The van der Waals surface area contributed by atoms with Gasteiger partial charge in [-0.05, 0) is 49.6 Å². The van der Waals surface area contributed by atoms with Gasteiger partial charge in [0.25, 0.3) is 0 Å². The minimum Gasteiger partial charge on any atom is -0.326 e. The molecule has 4 nitrogen and oxygen atoms in total. The molecule has 1 saturated heterocycles. The Kier molecular flexibility index (Phi) is 5.71. The fourth-order valence-electron chi connectivity index (χ4n) is 3.24. The summed E-state index contributed by atoms with van der Waals surface area (Å²) < 4.78 is 0. The highest BCUT2D eigenvalue weighted by atomic mass is 16.2. The van der Waals surface area contributed by atoms with Crippen LogP contribution < -0.4 is 10.2 Å². The standard InChI is InChI=1S/C22H26N2O2/c1-3-4-5-17-8-10-19(11-9-17)23-22(26)18-14-21(25)24(15-18)20-12-6-16(2)7-13-20/h6-13,18H,3-5,14-15H2,1-2H3,(H,23,26)/t18-/m1/s1. The van der Waals surface area contributed by atoms with Gasteiger partial charge in [-0.25, -0.2) is 0 Å². The molecule has 2 amide bonds. The number of hydrogen-bond donors (Lipinski definition) is 1. The first kappa shape index (κ1) is 18.2. The largest absolute Gasteiger partial charge is 0.326 e. The van der Waals surface area contributed by atoms with Crippen molar-refractivity contribution in [2.75, 3.05) is 16.8 Å². The molecule has 0 spiro atoms. The molecule has 1 fully saturated rings. The smallest absolute Gasteiger partial charge is 0.229 e. The normalized spacial score (nSPS) is 16.8. The van der Waals surface area contributed by atoms with Crippen molar-refractivity contribution in [1.82, 2.24) is 0 Å². The van der Waals surface area contributed by atoms with Crippen LogP contribution in [0, 0.1) is 12.8 Å². The van der Waals surface area contributed by atoms with Gasteiger partial charge >= 0.3 is 0 Å². The maximum atomic E-state index is 12.6. The Labute approximate surface area is 155 Å². The Balaban J connectivity index is 1.60. The van der Waals surface area contributed by atoms with Crippen LogP contribution in [0.1, 0.15) is 37.3 Å². The van der Waals surface area contributed by atoms with Crippen LogP contribution in [0.5, 0.6) is 0 Å². The Morgan fingerprint density at radius 1 is 1.12 bits per heavy atom. The van der Waals surface area contributed by atoms with Crippen LogP contribution in [-0.2, 0) is 16.0 Å². The second-order valence-electron chi connectivity index (χ2n) is 7.03. The number of nitrogens with zero attached hydrogens (tertiary/aromatic N) is 1. The fraction of sp³-hybridized carbons (Fsp3) is 0.364. The zero-order valence-corrected chi connectivity index (χ0v) is 15.5. The number of unbranched alkanes of at least 4 members (excludes halogenated alkanes) is 1. The number of aryl methyl sites for hydroxylation is 2. The van der Waals surface area contributed by atoms with Gasteiger partial charge in [0.2, 0.25) is 11.8 Å². The number of anilines is 2. The van der Waals surface area contributed by atoms with E-state index in [0.29, 0.717) is 6.54 Å². The van der Waals surface area contributed by atoms with E-state index >= 15 is 0 Å². The van der Waals surface area contributed by atoms with Crippen molar-refractivity contribution in [1.29, 1.82) is 0 Å². The van der Waals surface area contributed by atoms with E-state index in [-0.39, 0.29) is 24.2 Å². The topological polar surface area (TPSA) is 49.4 Å². The number of carbonyl (C=O) groups is 2. The molecule has 0 bridgehead atoms. The van der Waals surface area contributed by atoms with Crippen molar-refractivity contribution in [2.24, 2.45) is 5.92 Å². The first-order valence-electron chi connectivity index (χ1n) is 9.33. The molecule has 1 aliphatic rings. The summed E-state index contributed by atoms with van der Waals surface area (Å²) in [5, 5.41) is 2.95. The lowest BCUT2D eigenvalue weighted by atomic mass is 10.1. The quantitative estimate of drug-likeness (QED) is 0.843. The Bertz CT molecular complexity index is 766. The molecule has 0 aromatic heterocycles. The highest BCUT2D eigenvalue weighted by molar-refractivity contribution is 6.03. The van der Waals surface area contributed by atoms with Gasteiger partial charge in [0, 0.05) is 24.3 Å². The molecule has 0 unspecified atom stereocenters. The molecule has 1 atom stereocenters. The zero-order chi connectivity index (χ0) is 18.5. The van der Waals surface area contributed by atoms with Gasteiger partial charge in [-0.3, -0.25) is 9.59 Å². The van der Waals surface area contributed by atoms with Crippen molar-refractivity contribution in [3.8, 4) is 0 Å². The van der Waals surface area contributed by atoms with Gasteiger partial charge < -0.3 is 10.2 Å². The third kappa shape index (κ3) is 4.31. The van der Waals surface area contributed by atoms with Crippen molar-refractivity contribution < 1.29 is 9.59 Å². The highest BCUT2D eigenvalue weighted by Gasteiger charge is 2.35. The average Bonchev–Trinajstić information content (AvgIpc) is 3.04. The van der Waals surface area contributed by atoms with E-state index in [1.54, 1.807) is 4.90 Å². The summed E-state index contributed by atoms with van der Waals surface area (Å²) in [6.45, 7) is 4.62. The summed E-state index contributed by atoms with van der Waals surface area (Å²) >= 11 is 0. The van der Waals surface area contributed by atoms with Crippen LogP contribution in [0.2, 0.25) is 0 Å². The number of amides is 2. The molecule has 4 heteroatoms. The summed E-state index contributed by atoms with van der Waals surface area (Å²) in [6, 6.07) is 15.8. The minimum atomic E-state index is -0.316. The Morgan fingerprint density at radius 2 is 1.81 bits per heavy atom. The molecule has 0 saturated carbocycles. The second kappa shape index (κ2) is 8.17. The summed E-state index contributed by atoms with van der Waals surface area (Å²) in [4.78, 5) is 26.6. The van der Waals surface area contributed by atoms with E-state index in [1.807, 2.05) is 43.3 Å². The third-order valence-electron chi connectivity index (χ3n) is 4.88. The van der Waals surface area contributed by atoms with Crippen molar-refractivity contribution in [3.05, 3.63) is 59.7 Å². The predicted molar refractivity (Wildman–Crippen MR) is 105 cm³/mol. The monoisotopic (exact) mass is 350 g/mol. The third-order valence-corrected chi connectivity index (χ3v) is 4.88. The summed E-state index contributed by atoms with van der Waals surface area (Å²) in [7, 11) is 0. The van der Waals surface area contributed by atoms with Gasteiger partial charge in [0.15, 0.2) is 0 Å². The van der Waals surface area contributed by atoms with Crippen molar-refractivity contribution in [2.45, 2.75) is 39.5 Å². The van der Waals surface area contributed by atoms with Gasteiger partial charge in [-0.2, -0.15) is 0 Å². The molecule has 3 rings (SSSR count). The molecule has 26 heavy (non-hydrogen) atoms. The first-order valence-corrected chi connectivity index (χ1v) is 9.33. The van der Waals surface area contributed by atoms with Gasteiger partial charge in [-0.15, -0.1) is 0 Å². The van der Waals surface area contributed by atoms with Crippen LogP contribution in [0.15, 0.2) is 48.5 Å². The van der Waals surface area contributed by atoms with Crippen LogP contribution in [0.3, 0.4) is 0 Å². The lowest BCUT2D eigenvalue weighted by Gasteiger charge is -2.17. The van der Waals surface area contributed by atoms with Crippen LogP contribution >= 0.6 is 0 Å². The van der Waals surface area contributed by atoms with Crippen LogP contribution in [0.4, 0.5) is 11.4 Å². The van der Waals surface area contributed by atoms with Gasteiger partial charge in [0.05, 0.1) is 5.92 Å². The predicted octanol–water partition coefficient (Wildman–Crippen LogP) is 4.33. The maximum absolute atomic E-state index is 12.6. The number of carbonyl (C=O) groups excluding carboxylic acids is 2. The first-order chi connectivity index (χ1) is 12.6. The summed E-state index contributed by atoms with van der Waals surface area (Å²) in [6.07, 6.45) is 3.66. The van der Waals surface area contributed by atoms with Crippen LogP contribution in [-0.4, -0.2) is 18.4 Å². The number of benzene rings is 2. The fourth-order valence-corrected chi connectivity index (χ4v) is 3.24. The molecular weight excluding hydrogens is 324 g/mol. The lowest BCUT2D eigenvalue weighted by molar-refractivity contribution is -0.122. The second-order valence-corrected chi connectivity index (χ2v) is 7.03. The van der Waals surface area contributed by atoms with E-state index in [4.69, 9.17) is 0 Å². The Hall–Kier alpha value is -2.62. The van der Waals surface area contributed by atoms with Gasteiger partial charge in [0.1, 0.15) is 0 Å². The molecule has 2 aromatic carbocycles. The zero-order valence-electron chi connectivity index (χ0n) is 15.5. The van der Waals surface area contributed by atoms with E-state index in [2.05, 4.69) is 24.4 Å². The van der Waals surface area contributed by atoms with E-state index < -0.39 is 0 Å². The molecule has 1 heterocycles. The molecule has 1 aliphatic heterocycles. The molecule has 2 aromatic rings. The van der Waals surface area contributed by atoms with E-state index in [1.165, 1.54) is 18.4 Å². The minimum absolute atomic E-state index is 0.00363. The van der Waals surface area contributed by atoms with Crippen molar-refractivity contribution >= 4 is 23.2 Å². The SMILES string of the molecule is CCCCc1ccc(NC(=O)[C@@H]2CC(=O)N(c3ccc(C)cc3)C2)cc1. The van der Waals surface area contributed by atoms with Crippen molar-refractivity contribution in [3.63, 3.8) is 0 Å². The number of nitrogens with one attached hydrogen (secondary N) is 1. The maximum Gasteiger partial charge on any atom is 0.229 e. The molecule has 0 aliphatic carbocycles. The average molecular weight is 350 g/mol. The molecule has 1 N–H and O–H groups in total. The Morgan fingerprint density at radius 3 is 2.46 bits per heavy atom. The number of hydrogen-bond acceptors (Lipinski definition) is 2. The molecule has 136 valence electrons. The van der Waals surface area contributed by atoms with E-state index in [0.717, 1.165) is 23.4 Å². The molecular formula is C22H26N2O2. The summed E-state index contributed by atoms with van der Waals surface area (Å²) in [5.74, 6) is -0.401. The van der Waals surface area contributed by atoms with Gasteiger partial charge in [-0.1, -0.05) is 43.2 Å². The van der Waals surface area contributed by atoms with E-state index in [9.17, 15) is 9.59 Å². The highest BCUT2D eigenvalue weighted by Crippen LogP contribution is 2.26.